The Morgan fingerprint density at radius 1 is 1.48 bits per heavy atom. The highest BCUT2D eigenvalue weighted by Gasteiger charge is 2.27. The molecule has 1 aliphatic carbocycles. The number of hydrogen-bond acceptors (Lipinski definition) is 2. The molecule has 0 bridgehead atoms. The maximum Gasteiger partial charge on any atom is 0.220 e. The van der Waals surface area contributed by atoms with Gasteiger partial charge >= 0.3 is 0 Å². The summed E-state index contributed by atoms with van der Waals surface area (Å²) in [5.41, 5.74) is 6.37. The van der Waals surface area contributed by atoms with Gasteiger partial charge in [-0.3, -0.25) is 4.79 Å². The lowest BCUT2D eigenvalue weighted by molar-refractivity contribution is -0.122. The molecule has 1 fully saturated rings. The molecule has 1 unspecified atom stereocenters. The van der Waals surface area contributed by atoms with Crippen molar-refractivity contribution in [1.29, 1.82) is 0 Å². The largest absolute Gasteiger partial charge is 0.349 e. The summed E-state index contributed by atoms with van der Waals surface area (Å²) in [7, 11) is 0. The van der Waals surface area contributed by atoms with Crippen molar-refractivity contribution < 1.29 is 9.18 Å². The lowest BCUT2D eigenvalue weighted by atomic mass is 9.99. The van der Waals surface area contributed by atoms with Gasteiger partial charge in [-0.1, -0.05) is 29.6 Å². The summed E-state index contributed by atoms with van der Waals surface area (Å²) >= 11 is 12.0. The van der Waals surface area contributed by atoms with Crippen LogP contribution >= 0.6 is 23.2 Å². The molecule has 0 heterocycles. The van der Waals surface area contributed by atoms with E-state index < -0.39 is 11.9 Å². The summed E-state index contributed by atoms with van der Waals surface area (Å²) in [6.07, 6.45) is 3.39. The number of carbonyl (C=O) groups excluding carboxylic acids is 1. The van der Waals surface area contributed by atoms with Gasteiger partial charge in [0.25, 0.3) is 0 Å². The number of nitrogens with one attached hydrogen (secondary N) is 1. The Morgan fingerprint density at radius 3 is 2.81 bits per heavy atom. The molecule has 1 aromatic rings. The van der Waals surface area contributed by atoms with E-state index in [1.165, 1.54) is 12.1 Å². The minimum absolute atomic E-state index is 0.0483. The zero-order valence-corrected chi connectivity index (χ0v) is 13.3. The molecule has 1 aromatic carbocycles. The molecule has 2 rings (SSSR count). The summed E-state index contributed by atoms with van der Waals surface area (Å²) in [6.45, 7) is 1.74. The van der Waals surface area contributed by atoms with Gasteiger partial charge in [-0.2, -0.15) is 0 Å². The summed E-state index contributed by atoms with van der Waals surface area (Å²) < 4.78 is 13.5. The van der Waals surface area contributed by atoms with Crippen molar-refractivity contribution >= 4 is 29.1 Å². The molecule has 1 amide bonds. The Balaban J connectivity index is 2.02. The molecule has 21 heavy (non-hydrogen) atoms. The van der Waals surface area contributed by atoms with Crippen molar-refractivity contribution in [3.05, 3.63) is 33.6 Å². The lowest BCUT2D eigenvalue weighted by Gasteiger charge is -2.20. The molecule has 3 N–H and O–H groups in total. The lowest BCUT2D eigenvalue weighted by Crippen LogP contribution is -2.33. The third-order valence-corrected chi connectivity index (χ3v) is 4.77. The van der Waals surface area contributed by atoms with Crippen LogP contribution in [0.5, 0.6) is 0 Å². The van der Waals surface area contributed by atoms with E-state index in [0.29, 0.717) is 17.0 Å². The number of benzene rings is 1. The highest BCUT2D eigenvalue weighted by atomic mass is 35.5. The summed E-state index contributed by atoms with van der Waals surface area (Å²) in [5, 5.41) is 3.11. The average molecular weight is 333 g/mol. The molecular formula is C15H19Cl2FN2O. The molecular weight excluding hydrogens is 314 g/mol. The maximum absolute atomic E-state index is 13.5. The van der Waals surface area contributed by atoms with Gasteiger partial charge in [0.05, 0.1) is 11.1 Å². The van der Waals surface area contributed by atoms with Crippen molar-refractivity contribution in [2.24, 2.45) is 11.7 Å². The van der Waals surface area contributed by atoms with Crippen LogP contribution in [0.4, 0.5) is 4.39 Å². The Morgan fingerprint density at radius 2 is 2.19 bits per heavy atom. The van der Waals surface area contributed by atoms with Crippen LogP contribution < -0.4 is 11.1 Å². The molecule has 116 valence electrons. The Labute approximate surface area is 134 Å². The second-order valence-electron chi connectivity index (χ2n) is 5.61. The van der Waals surface area contributed by atoms with Gasteiger partial charge in [0.2, 0.25) is 5.91 Å². The van der Waals surface area contributed by atoms with Gasteiger partial charge in [0, 0.05) is 23.0 Å². The fourth-order valence-electron chi connectivity index (χ4n) is 2.87. The van der Waals surface area contributed by atoms with Crippen LogP contribution in [0.1, 0.15) is 44.2 Å². The van der Waals surface area contributed by atoms with Crippen molar-refractivity contribution in [2.75, 3.05) is 0 Å². The fraction of sp³-hybridized carbons (Fsp3) is 0.533. The summed E-state index contributed by atoms with van der Waals surface area (Å²) in [4.78, 5) is 12.1. The van der Waals surface area contributed by atoms with Crippen LogP contribution in [0.2, 0.25) is 10.0 Å². The monoisotopic (exact) mass is 332 g/mol. The van der Waals surface area contributed by atoms with E-state index in [1.54, 1.807) is 6.92 Å². The van der Waals surface area contributed by atoms with Gasteiger partial charge < -0.3 is 11.1 Å². The number of halogens is 3. The summed E-state index contributed by atoms with van der Waals surface area (Å²) in [5.74, 6) is -0.438. The molecule has 1 aliphatic rings. The molecule has 6 heteroatoms. The van der Waals surface area contributed by atoms with E-state index in [0.717, 1.165) is 19.3 Å². The first kappa shape index (κ1) is 16.5. The molecule has 0 saturated heterocycles. The van der Waals surface area contributed by atoms with E-state index in [2.05, 4.69) is 5.32 Å². The Bertz CT molecular complexity index is 539. The van der Waals surface area contributed by atoms with Crippen LogP contribution in [0.3, 0.4) is 0 Å². The highest BCUT2D eigenvalue weighted by Crippen LogP contribution is 2.33. The molecule has 3 nitrogen and oxygen atoms in total. The van der Waals surface area contributed by atoms with E-state index in [-0.39, 0.29) is 22.9 Å². The standard InChI is InChI=1S/C15H19Cl2FN2O/c1-8(14-10(16)5-6-11(18)15(14)17)20-13(21)7-9-3-2-4-12(9)19/h5-6,8-9,12H,2-4,7,19H2,1H3,(H,20,21)/t8?,9-,12+/m0/s1. The molecule has 1 saturated carbocycles. The minimum Gasteiger partial charge on any atom is -0.349 e. The zero-order valence-electron chi connectivity index (χ0n) is 11.8. The molecule has 0 spiro atoms. The second kappa shape index (κ2) is 6.95. The van der Waals surface area contributed by atoms with Crippen molar-refractivity contribution in [3.8, 4) is 0 Å². The third-order valence-electron chi connectivity index (χ3n) is 4.06. The van der Waals surface area contributed by atoms with E-state index in [4.69, 9.17) is 28.9 Å². The second-order valence-corrected chi connectivity index (χ2v) is 6.39. The first-order chi connectivity index (χ1) is 9.90. The van der Waals surface area contributed by atoms with E-state index >= 15 is 0 Å². The van der Waals surface area contributed by atoms with Crippen molar-refractivity contribution in [1.82, 2.24) is 5.32 Å². The van der Waals surface area contributed by atoms with Gasteiger partial charge in [-0.15, -0.1) is 0 Å². The van der Waals surface area contributed by atoms with Crippen LogP contribution in [-0.2, 0) is 4.79 Å². The van der Waals surface area contributed by atoms with Gasteiger partial charge in [-0.25, -0.2) is 4.39 Å². The number of amides is 1. The topological polar surface area (TPSA) is 55.1 Å². The molecule has 3 atom stereocenters. The Hall–Kier alpha value is -0.840. The van der Waals surface area contributed by atoms with Gasteiger partial charge in [0.15, 0.2) is 0 Å². The fourth-order valence-corrected chi connectivity index (χ4v) is 3.57. The number of rotatable bonds is 4. The summed E-state index contributed by atoms with van der Waals surface area (Å²) in [6, 6.07) is 2.28. The molecule has 0 radical (unpaired) electrons. The molecule has 0 aromatic heterocycles. The number of carbonyl (C=O) groups is 1. The van der Waals surface area contributed by atoms with E-state index in [1.807, 2.05) is 0 Å². The quantitative estimate of drug-likeness (QED) is 0.823. The van der Waals surface area contributed by atoms with E-state index in [9.17, 15) is 9.18 Å². The first-order valence-corrected chi connectivity index (χ1v) is 7.84. The zero-order chi connectivity index (χ0) is 15.6. The third kappa shape index (κ3) is 3.87. The highest BCUT2D eigenvalue weighted by molar-refractivity contribution is 6.36. The van der Waals surface area contributed by atoms with Crippen LogP contribution in [0, 0.1) is 11.7 Å². The van der Waals surface area contributed by atoms with Crippen LogP contribution in [0.25, 0.3) is 0 Å². The predicted octanol–water partition coefficient (Wildman–Crippen LogP) is 3.83. The van der Waals surface area contributed by atoms with Gasteiger partial charge in [-0.05, 0) is 37.8 Å². The predicted molar refractivity (Wildman–Crippen MR) is 82.9 cm³/mol. The smallest absolute Gasteiger partial charge is 0.220 e. The SMILES string of the molecule is CC(NC(=O)C[C@@H]1CCC[C@H]1N)c1c(Cl)ccc(F)c1Cl. The first-order valence-electron chi connectivity index (χ1n) is 7.08. The number of hydrogen-bond donors (Lipinski definition) is 2. The minimum atomic E-state index is -0.546. The van der Waals surface area contributed by atoms with Crippen molar-refractivity contribution in [3.63, 3.8) is 0 Å². The Kier molecular flexibility index (Phi) is 5.47. The number of nitrogens with two attached hydrogens (primary N) is 1. The normalized spacial score (nSPS) is 23.1. The average Bonchev–Trinajstić information content (AvgIpc) is 2.80. The maximum atomic E-state index is 13.5. The van der Waals surface area contributed by atoms with Crippen LogP contribution in [0.15, 0.2) is 12.1 Å². The van der Waals surface area contributed by atoms with Crippen molar-refractivity contribution in [2.45, 2.75) is 44.7 Å². The van der Waals surface area contributed by atoms with Crippen LogP contribution in [-0.4, -0.2) is 11.9 Å². The van der Waals surface area contributed by atoms with Gasteiger partial charge in [0.1, 0.15) is 5.82 Å². The molecule has 0 aliphatic heterocycles.